The maximum absolute atomic E-state index is 13.4. The van der Waals surface area contributed by atoms with Crippen LogP contribution in [-0.4, -0.2) is 12.3 Å². The molecule has 28 heavy (non-hydrogen) atoms. The van der Waals surface area contributed by atoms with Gasteiger partial charge in [0, 0.05) is 5.56 Å². The third-order valence-corrected chi connectivity index (χ3v) is 5.07. The number of hydrogen-bond acceptors (Lipinski definition) is 1. The number of ketones is 1. The minimum absolute atomic E-state index is 0.108. The number of hydrogen-bond donors (Lipinski definition) is 0. The number of rotatable bonds is 6. The van der Waals surface area contributed by atoms with Gasteiger partial charge in [0.15, 0.2) is 6.54 Å². The fourth-order valence-electron chi connectivity index (χ4n) is 3.70. The van der Waals surface area contributed by atoms with Gasteiger partial charge < -0.3 is 0 Å². The van der Waals surface area contributed by atoms with Gasteiger partial charge in [0.1, 0.15) is 17.1 Å². The third-order valence-electron chi connectivity index (χ3n) is 5.07. The van der Waals surface area contributed by atoms with Gasteiger partial charge in [-0.25, -0.2) is 4.48 Å². The fraction of sp³-hybridized carbons (Fsp3) is 0.0385. The summed E-state index contributed by atoms with van der Waals surface area (Å²) in [7, 11) is 0. The normalized spacial score (nSPS) is 11.1. The standard InChI is InChI=1S/C26H22NO/c28-26(22-13-5-1-6-14-22)21-27(23-15-7-2-8-16-23,24-17-9-3-10-18-24)25-19-11-4-12-20-25/h1-20H,21H2/q+1. The Bertz CT molecular complexity index is 932. The van der Waals surface area contributed by atoms with E-state index in [1.807, 2.05) is 84.9 Å². The van der Waals surface area contributed by atoms with Crippen molar-refractivity contribution in [2.75, 3.05) is 6.54 Å². The molecule has 0 N–H and O–H groups in total. The van der Waals surface area contributed by atoms with Crippen molar-refractivity contribution in [3.63, 3.8) is 0 Å². The summed E-state index contributed by atoms with van der Waals surface area (Å²) in [5, 5.41) is 0. The van der Waals surface area contributed by atoms with Gasteiger partial charge >= 0.3 is 0 Å². The molecule has 0 radical (unpaired) electrons. The molecule has 0 unspecified atom stereocenters. The largest absolute Gasteiger partial charge is 0.288 e. The number of benzene rings is 4. The molecule has 0 saturated carbocycles. The Labute approximate surface area is 165 Å². The lowest BCUT2D eigenvalue weighted by Gasteiger charge is -2.36. The summed E-state index contributed by atoms with van der Waals surface area (Å²) < 4.78 is 0.343. The lowest BCUT2D eigenvalue weighted by atomic mass is 10.0. The van der Waals surface area contributed by atoms with Gasteiger partial charge in [-0.2, -0.15) is 0 Å². The van der Waals surface area contributed by atoms with Crippen LogP contribution in [0, 0.1) is 0 Å². The molecular weight excluding hydrogens is 342 g/mol. The topological polar surface area (TPSA) is 17.1 Å². The van der Waals surface area contributed by atoms with Crippen molar-refractivity contribution in [1.82, 2.24) is 4.48 Å². The van der Waals surface area contributed by atoms with E-state index >= 15 is 0 Å². The highest BCUT2D eigenvalue weighted by Gasteiger charge is 2.38. The van der Waals surface area contributed by atoms with E-state index in [4.69, 9.17) is 0 Å². The van der Waals surface area contributed by atoms with Crippen molar-refractivity contribution in [2.24, 2.45) is 0 Å². The van der Waals surface area contributed by atoms with Crippen molar-refractivity contribution in [1.29, 1.82) is 0 Å². The van der Waals surface area contributed by atoms with E-state index in [0.29, 0.717) is 11.0 Å². The zero-order valence-corrected chi connectivity index (χ0v) is 15.6. The molecule has 4 aromatic carbocycles. The molecule has 2 nitrogen and oxygen atoms in total. The van der Waals surface area contributed by atoms with Crippen LogP contribution in [0.5, 0.6) is 0 Å². The molecule has 0 spiro atoms. The van der Waals surface area contributed by atoms with Gasteiger partial charge in [-0.05, 0) is 36.4 Å². The minimum Gasteiger partial charge on any atom is -0.288 e. The number of nitrogens with zero attached hydrogens (tertiary/aromatic N) is 1. The Morgan fingerprint density at radius 1 is 0.500 bits per heavy atom. The molecule has 0 fully saturated rings. The molecular formula is C26H22NO+. The van der Waals surface area contributed by atoms with Crippen LogP contribution in [0.2, 0.25) is 0 Å². The molecule has 0 saturated heterocycles. The van der Waals surface area contributed by atoms with Gasteiger partial charge in [0.2, 0.25) is 5.78 Å². The number of Topliss-reactive ketones (excluding diaryl/α,β-unsaturated/α-hetero) is 1. The number of carbonyl (C=O) groups excluding carboxylic acids is 1. The molecule has 0 aliphatic heterocycles. The van der Waals surface area contributed by atoms with Crippen molar-refractivity contribution in [3.8, 4) is 0 Å². The van der Waals surface area contributed by atoms with Gasteiger partial charge in [0.25, 0.3) is 0 Å². The first-order chi connectivity index (χ1) is 13.8. The van der Waals surface area contributed by atoms with Crippen LogP contribution in [0.3, 0.4) is 0 Å². The van der Waals surface area contributed by atoms with Gasteiger partial charge in [-0.1, -0.05) is 84.9 Å². The second-order valence-corrected chi connectivity index (χ2v) is 6.76. The molecule has 136 valence electrons. The molecule has 0 aliphatic carbocycles. The first-order valence-corrected chi connectivity index (χ1v) is 9.44. The number of para-hydroxylation sites is 3. The van der Waals surface area contributed by atoms with Crippen LogP contribution in [0.4, 0.5) is 17.1 Å². The van der Waals surface area contributed by atoms with Crippen LogP contribution in [0.15, 0.2) is 121 Å². The maximum Gasteiger partial charge on any atom is 0.218 e. The van der Waals surface area contributed by atoms with E-state index in [2.05, 4.69) is 36.4 Å². The molecule has 0 bridgehead atoms. The predicted octanol–water partition coefficient (Wildman–Crippen LogP) is 6.54. The molecule has 0 aromatic heterocycles. The molecule has 0 aliphatic rings. The number of carbonyl (C=O) groups is 1. The average molecular weight is 364 g/mol. The Balaban J connectivity index is 1.95. The SMILES string of the molecule is O=C(C[N+](c1ccccc1)(c1ccccc1)c1ccccc1)c1ccccc1. The van der Waals surface area contributed by atoms with Gasteiger partial charge in [-0.3, -0.25) is 4.79 Å². The molecule has 0 heterocycles. The molecule has 2 heteroatoms. The van der Waals surface area contributed by atoms with Crippen LogP contribution in [-0.2, 0) is 0 Å². The van der Waals surface area contributed by atoms with E-state index in [1.165, 1.54) is 0 Å². The maximum atomic E-state index is 13.4. The Kier molecular flexibility index (Phi) is 5.14. The Morgan fingerprint density at radius 3 is 1.18 bits per heavy atom. The summed E-state index contributed by atoms with van der Waals surface area (Å²) in [6.45, 7) is 0.308. The smallest absolute Gasteiger partial charge is 0.218 e. The zero-order valence-electron chi connectivity index (χ0n) is 15.6. The first-order valence-electron chi connectivity index (χ1n) is 9.44. The summed E-state index contributed by atoms with van der Waals surface area (Å²) in [5.41, 5.74) is 3.91. The Morgan fingerprint density at radius 2 is 0.821 bits per heavy atom. The van der Waals surface area contributed by atoms with Gasteiger partial charge in [0.05, 0.1) is 0 Å². The van der Waals surface area contributed by atoms with E-state index in [9.17, 15) is 4.79 Å². The highest BCUT2D eigenvalue weighted by Crippen LogP contribution is 2.43. The summed E-state index contributed by atoms with van der Waals surface area (Å²) in [6, 6.07) is 40.3. The van der Waals surface area contributed by atoms with E-state index in [0.717, 1.165) is 22.6 Å². The Hall–Kier alpha value is -3.49. The van der Waals surface area contributed by atoms with E-state index < -0.39 is 0 Å². The molecule has 4 aromatic rings. The highest BCUT2D eigenvalue weighted by molar-refractivity contribution is 6.00. The van der Waals surface area contributed by atoms with E-state index in [-0.39, 0.29) is 5.78 Å². The van der Waals surface area contributed by atoms with Crippen molar-refractivity contribution in [3.05, 3.63) is 127 Å². The second-order valence-electron chi connectivity index (χ2n) is 6.76. The summed E-state index contributed by atoms with van der Waals surface area (Å²) >= 11 is 0. The quantitative estimate of drug-likeness (QED) is 0.280. The van der Waals surface area contributed by atoms with E-state index in [1.54, 1.807) is 0 Å². The lowest BCUT2D eigenvalue weighted by Crippen LogP contribution is -2.43. The van der Waals surface area contributed by atoms with Crippen LogP contribution in [0.25, 0.3) is 0 Å². The first kappa shape index (κ1) is 17.9. The monoisotopic (exact) mass is 364 g/mol. The second kappa shape index (κ2) is 8.03. The van der Waals surface area contributed by atoms with Crippen molar-refractivity contribution >= 4 is 22.8 Å². The van der Waals surface area contributed by atoms with Crippen LogP contribution in [0.1, 0.15) is 10.4 Å². The molecule has 0 atom stereocenters. The lowest BCUT2D eigenvalue weighted by molar-refractivity contribution is 0.0974. The predicted molar refractivity (Wildman–Crippen MR) is 116 cm³/mol. The van der Waals surface area contributed by atoms with Gasteiger partial charge in [-0.15, -0.1) is 0 Å². The van der Waals surface area contributed by atoms with Crippen molar-refractivity contribution < 1.29 is 4.79 Å². The zero-order chi connectivity index (χ0) is 19.2. The average Bonchev–Trinajstić information content (AvgIpc) is 2.80. The third kappa shape index (κ3) is 3.38. The highest BCUT2D eigenvalue weighted by atomic mass is 16.1. The minimum atomic E-state index is 0.108. The van der Waals surface area contributed by atoms with Crippen LogP contribution >= 0.6 is 0 Å². The molecule has 4 rings (SSSR count). The number of quaternary nitrogens is 1. The van der Waals surface area contributed by atoms with Crippen molar-refractivity contribution in [2.45, 2.75) is 0 Å². The molecule has 0 amide bonds. The van der Waals surface area contributed by atoms with Crippen LogP contribution < -0.4 is 4.48 Å². The summed E-state index contributed by atoms with van der Waals surface area (Å²) in [6.07, 6.45) is 0. The summed E-state index contributed by atoms with van der Waals surface area (Å²) in [5.74, 6) is 0.108. The summed E-state index contributed by atoms with van der Waals surface area (Å²) in [4.78, 5) is 13.4. The fourth-order valence-corrected chi connectivity index (χ4v) is 3.70.